The number of aromatic nitrogens is 2. The van der Waals surface area contributed by atoms with E-state index in [1.807, 2.05) is 0 Å². The summed E-state index contributed by atoms with van der Waals surface area (Å²) in [7, 11) is 1.64. The van der Waals surface area contributed by atoms with Crippen molar-refractivity contribution in [2.75, 3.05) is 18.4 Å². The van der Waals surface area contributed by atoms with Crippen molar-refractivity contribution < 1.29 is 40.3 Å². The SMILES string of the molecule is CCC(F)(F)F.Cn1ncc2cc(Nc3cccc4c3C(=O)N(CC(=O)N3CCCC3C(F)(F)F)C4)cc(F)c21. The van der Waals surface area contributed by atoms with E-state index < -0.39 is 49.0 Å². The lowest BCUT2D eigenvalue weighted by atomic mass is 10.1. The van der Waals surface area contributed by atoms with Crippen LogP contribution in [0.5, 0.6) is 0 Å². The van der Waals surface area contributed by atoms with Crippen molar-refractivity contribution in [1.82, 2.24) is 19.6 Å². The molecule has 1 saturated heterocycles. The number of aryl methyl sites for hydroxylation is 1. The molecular formula is C26H26F7N5O2. The topological polar surface area (TPSA) is 70.5 Å². The molecule has 7 nitrogen and oxygen atoms in total. The Morgan fingerprint density at radius 1 is 1.15 bits per heavy atom. The van der Waals surface area contributed by atoms with Gasteiger partial charge in [0.15, 0.2) is 5.82 Å². The first-order valence-corrected chi connectivity index (χ1v) is 12.4. The number of nitrogens with zero attached hydrogens (tertiary/aromatic N) is 4. The Labute approximate surface area is 224 Å². The van der Waals surface area contributed by atoms with Crippen LogP contribution in [0, 0.1) is 5.82 Å². The van der Waals surface area contributed by atoms with Crippen LogP contribution >= 0.6 is 0 Å². The van der Waals surface area contributed by atoms with Crippen molar-refractivity contribution in [2.24, 2.45) is 7.05 Å². The standard InChI is InChI=1S/C23H21F4N5O2.C3H5F3/c1-30-21-14(10-28-30)8-15(9-16(21)24)29-17-5-2-4-13-11-31(22(34)20(13)17)12-19(33)32-7-3-6-18(32)23(25,26)27;1-2-3(4,5)6/h2,4-5,8-10,18,29H,3,6-7,11-12H2,1H3;2H2,1H3. The van der Waals surface area contributed by atoms with Crippen LogP contribution in [0.15, 0.2) is 36.5 Å². The number of carbonyl (C=O) groups is 2. The summed E-state index contributed by atoms with van der Waals surface area (Å²) >= 11 is 0. The molecule has 216 valence electrons. The Balaban J connectivity index is 0.000000557. The second-order valence-corrected chi connectivity index (χ2v) is 9.55. The molecule has 2 amide bonds. The highest BCUT2D eigenvalue weighted by atomic mass is 19.4. The third-order valence-corrected chi connectivity index (χ3v) is 6.76. The van der Waals surface area contributed by atoms with E-state index in [1.165, 1.54) is 21.8 Å². The average Bonchev–Trinajstić information content (AvgIpc) is 3.58. The summed E-state index contributed by atoms with van der Waals surface area (Å²) in [5.74, 6) is -1.66. The third-order valence-electron chi connectivity index (χ3n) is 6.76. The summed E-state index contributed by atoms with van der Waals surface area (Å²) < 4.78 is 88.1. The minimum absolute atomic E-state index is 0.0210. The second-order valence-electron chi connectivity index (χ2n) is 9.55. The first kappa shape index (κ1) is 29.2. The van der Waals surface area contributed by atoms with Gasteiger partial charge in [-0.25, -0.2) is 4.39 Å². The van der Waals surface area contributed by atoms with Gasteiger partial charge in [0.25, 0.3) is 5.91 Å². The zero-order valence-electron chi connectivity index (χ0n) is 21.5. The molecule has 1 aromatic heterocycles. The Morgan fingerprint density at radius 2 is 1.85 bits per heavy atom. The van der Waals surface area contributed by atoms with Crippen LogP contribution in [0.3, 0.4) is 0 Å². The monoisotopic (exact) mass is 573 g/mol. The molecule has 0 radical (unpaired) electrons. The van der Waals surface area contributed by atoms with Crippen molar-refractivity contribution >= 4 is 34.1 Å². The van der Waals surface area contributed by atoms with E-state index in [0.29, 0.717) is 33.4 Å². The maximum atomic E-state index is 14.6. The number of carbonyl (C=O) groups excluding carboxylic acids is 2. The molecule has 1 atom stereocenters. The second kappa shape index (κ2) is 11.0. The summed E-state index contributed by atoms with van der Waals surface area (Å²) in [5, 5.41) is 7.70. The summed E-state index contributed by atoms with van der Waals surface area (Å²) in [5.41, 5.74) is 2.15. The maximum Gasteiger partial charge on any atom is 0.408 e. The Kier molecular flexibility index (Phi) is 7.99. The number of anilines is 2. The van der Waals surface area contributed by atoms with Crippen LogP contribution in [0.25, 0.3) is 10.9 Å². The number of hydrogen-bond acceptors (Lipinski definition) is 4. The molecule has 2 aliphatic rings. The van der Waals surface area contributed by atoms with Crippen LogP contribution < -0.4 is 5.32 Å². The van der Waals surface area contributed by atoms with Gasteiger partial charge < -0.3 is 15.1 Å². The molecule has 0 bridgehead atoms. The highest BCUT2D eigenvalue weighted by Crippen LogP contribution is 2.35. The summed E-state index contributed by atoms with van der Waals surface area (Å²) in [4.78, 5) is 27.9. The lowest BCUT2D eigenvalue weighted by Crippen LogP contribution is -2.48. The molecule has 0 aliphatic carbocycles. The first-order chi connectivity index (χ1) is 18.7. The number of alkyl halides is 6. The van der Waals surface area contributed by atoms with E-state index in [9.17, 15) is 40.3 Å². The molecule has 5 rings (SSSR count). The summed E-state index contributed by atoms with van der Waals surface area (Å²) in [6.07, 6.45) is -7.51. The maximum absolute atomic E-state index is 14.6. The minimum atomic E-state index is -4.49. The molecule has 1 N–H and O–H groups in total. The van der Waals surface area contributed by atoms with Crippen LogP contribution in [0.4, 0.5) is 42.1 Å². The van der Waals surface area contributed by atoms with Gasteiger partial charge in [0, 0.05) is 37.6 Å². The molecule has 2 aliphatic heterocycles. The highest BCUT2D eigenvalue weighted by molar-refractivity contribution is 6.05. The molecular weight excluding hydrogens is 547 g/mol. The van der Waals surface area contributed by atoms with E-state index >= 15 is 0 Å². The number of halogens is 7. The Morgan fingerprint density at radius 3 is 2.50 bits per heavy atom. The third kappa shape index (κ3) is 6.15. The number of amides is 2. The largest absolute Gasteiger partial charge is 0.408 e. The molecule has 0 saturated carbocycles. The molecule has 2 aromatic carbocycles. The van der Waals surface area contributed by atoms with Gasteiger partial charge >= 0.3 is 12.4 Å². The summed E-state index contributed by atoms with van der Waals surface area (Å²) in [6.45, 7) is 0.777. The fourth-order valence-corrected chi connectivity index (χ4v) is 4.81. The quantitative estimate of drug-likeness (QED) is 0.394. The number of rotatable bonds is 4. The van der Waals surface area contributed by atoms with E-state index in [2.05, 4.69) is 10.4 Å². The molecule has 0 spiro atoms. The van der Waals surface area contributed by atoms with Gasteiger partial charge in [-0.1, -0.05) is 19.1 Å². The number of fused-ring (bicyclic) bond motifs is 2. The molecule has 14 heteroatoms. The van der Waals surface area contributed by atoms with Crippen LogP contribution in [0.2, 0.25) is 0 Å². The summed E-state index contributed by atoms with van der Waals surface area (Å²) in [6, 6.07) is 6.30. The first-order valence-electron chi connectivity index (χ1n) is 12.4. The normalized spacial score (nSPS) is 17.2. The predicted molar refractivity (Wildman–Crippen MR) is 132 cm³/mol. The molecule has 3 heterocycles. The number of hydrogen-bond donors (Lipinski definition) is 1. The highest BCUT2D eigenvalue weighted by Gasteiger charge is 2.48. The zero-order chi connectivity index (χ0) is 29.4. The molecule has 1 fully saturated rings. The lowest BCUT2D eigenvalue weighted by Gasteiger charge is -2.28. The van der Waals surface area contributed by atoms with Gasteiger partial charge in [-0.05, 0) is 36.6 Å². The van der Waals surface area contributed by atoms with Gasteiger partial charge in [0.2, 0.25) is 5.91 Å². The Bertz CT molecular complexity index is 1420. The van der Waals surface area contributed by atoms with Crippen molar-refractivity contribution in [2.45, 2.75) is 51.1 Å². The average molecular weight is 574 g/mol. The van der Waals surface area contributed by atoms with E-state index in [-0.39, 0.29) is 25.9 Å². The smallest absolute Gasteiger partial charge is 0.355 e. The van der Waals surface area contributed by atoms with Crippen LogP contribution in [-0.4, -0.2) is 62.9 Å². The Hall–Kier alpha value is -3.84. The fraction of sp³-hybridized carbons (Fsp3) is 0.423. The molecule has 3 aromatic rings. The predicted octanol–water partition coefficient (Wildman–Crippen LogP) is 5.92. The van der Waals surface area contributed by atoms with E-state index in [4.69, 9.17) is 0 Å². The van der Waals surface area contributed by atoms with Gasteiger partial charge in [0.05, 0.1) is 17.4 Å². The molecule has 40 heavy (non-hydrogen) atoms. The number of nitrogens with one attached hydrogen (secondary N) is 1. The van der Waals surface area contributed by atoms with Gasteiger partial charge in [-0.15, -0.1) is 0 Å². The van der Waals surface area contributed by atoms with Gasteiger partial charge in [-0.3, -0.25) is 14.3 Å². The van der Waals surface area contributed by atoms with Crippen molar-refractivity contribution in [3.63, 3.8) is 0 Å². The van der Waals surface area contributed by atoms with E-state index in [1.54, 1.807) is 31.3 Å². The van der Waals surface area contributed by atoms with E-state index in [0.717, 1.165) is 11.8 Å². The van der Waals surface area contributed by atoms with Crippen LogP contribution in [0.1, 0.15) is 42.1 Å². The van der Waals surface area contributed by atoms with Crippen molar-refractivity contribution in [3.8, 4) is 0 Å². The van der Waals surface area contributed by atoms with Crippen molar-refractivity contribution in [1.29, 1.82) is 0 Å². The number of benzene rings is 2. The van der Waals surface area contributed by atoms with Crippen LogP contribution in [-0.2, 0) is 18.4 Å². The zero-order valence-corrected chi connectivity index (χ0v) is 21.5. The van der Waals surface area contributed by atoms with Gasteiger partial charge in [-0.2, -0.15) is 31.4 Å². The molecule has 1 unspecified atom stereocenters. The van der Waals surface area contributed by atoms with Gasteiger partial charge in [0.1, 0.15) is 18.1 Å². The number of likely N-dealkylation sites (tertiary alicyclic amines) is 1. The lowest BCUT2D eigenvalue weighted by molar-refractivity contribution is -0.182. The minimum Gasteiger partial charge on any atom is -0.355 e. The van der Waals surface area contributed by atoms with Crippen molar-refractivity contribution in [3.05, 3.63) is 53.5 Å². The fourth-order valence-electron chi connectivity index (χ4n) is 4.81.